The summed E-state index contributed by atoms with van der Waals surface area (Å²) in [6.45, 7) is 2.26. The van der Waals surface area contributed by atoms with Gasteiger partial charge in [0.05, 0.1) is 7.11 Å². The molecule has 7 nitrogen and oxygen atoms in total. The summed E-state index contributed by atoms with van der Waals surface area (Å²) < 4.78 is 6.96. The summed E-state index contributed by atoms with van der Waals surface area (Å²) >= 11 is 0. The van der Waals surface area contributed by atoms with Gasteiger partial charge in [0.25, 0.3) is 5.91 Å². The third-order valence-corrected chi connectivity index (χ3v) is 3.54. The Labute approximate surface area is 139 Å². The molecule has 7 heteroatoms. The van der Waals surface area contributed by atoms with E-state index in [1.807, 2.05) is 31.2 Å². The Morgan fingerprint density at radius 3 is 2.79 bits per heavy atom. The van der Waals surface area contributed by atoms with Crippen LogP contribution in [-0.2, 0) is 6.54 Å². The molecule has 2 heterocycles. The predicted octanol–water partition coefficient (Wildman–Crippen LogP) is 1.91. The first-order chi connectivity index (χ1) is 11.7. The van der Waals surface area contributed by atoms with Crippen LogP contribution in [0, 0.1) is 6.92 Å². The second-order valence-electron chi connectivity index (χ2n) is 5.16. The summed E-state index contributed by atoms with van der Waals surface area (Å²) in [6.07, 6.45) is 3.48. The van der Waals surface area contributed by atoms with Gasteiger partial charge in [0, 0.05) is 18.9 Å². The van der Waals surface area contributed by atoms with Gasteiger partial charge in [0.15, 0.2) is 11.5 Å². The summed E-state index contributed by atoms with van der Waals surface area (Å²) in [6, 6.07) is 10.9. The average molecular weight is 323 g/mol. The van der Waals surface area contributed by atoms with Crippen molar-refractivity contribution >= 4 is 5.91 Å². The van der Waals surface area contributed by atoms with Crippen molar-refractivity contribution in [3.05, 3.63) is 65.9 Å². The topological polar surface area (TPSA) is 81.9 Å². The van der Waals surface area contributed by atoms with E-state index in [9.17, 15) is 4.79 Å². The Morgan fingerprint density at radius 1 is 1.25 bits per heavy atom. The van der Waals surface area contributed by atoms with Crippen LogP contribution < -0.4 is 10.1 Å². The van der Waals surface area contributed by atoms with E-state index in [2.05, 4.69) is 20.5 Å². The van der Waals surface area contributed by atoms with Crippen LogP contribution in [0.25, 0.3) is 5.82 Å². The Kier molecular flexibility index (Phi) is 4.51. The Morgan fingerprint density at radius 2 is 2.12 bits per heavy atom. The van der Waals surface area contributed by atoms with Crippen molar-refractivity contribution in [1.29, 1.82) is 0 Å². The number of carbonyl (C=O) groups is 1. The van der Waals surface area contributed by atoms with E-state index in [1.165, 1.54) is 0 Å². The van der Waals surface area contributed by atoms with Crippen molar-refractivity contribution in [2.75, 3.05) is 7.11 Å². The van der Waals surface area contributed by atoms with Crippen LogP contribution in [0.3, 0.4) is 0 Å². The standard InChI is InChI=1S/C17H17N5O2/c1-12-18-8-9-22(12)16-7-6-15(20-21-16)17(23)19-11-13-4-3-5-14(10-13)24-2/h3-10H,11H2,1-2H3,(H,19,23). The summed E-state index contributed by atoms with van der Waals surface area (Å²) in [5.41, 5.74) is 1.21. The molecule has 1 aromatic carbocycles. The smallest absolute Gasteiger partial charge is 0.272 e. The van der Waals surface area contributed by atoms with Gasteiger partial charge in [-0.3, -0.25) is 9.36 Å². The third kappa shape index (κ3) is 3.40. The number of nitrogens with zero attached hydrogens (tertiary/aromatic N) is 4. The van der Waals surface area contributed by atoms with Gasteiger partial charge in [-0.25, -0.2) is 4.98 Å². The molecule has 0 unspecified atom stereocenters. The first-order valence-electron chi connectivity index (χ1n) is 7.42. The minimum absolute atomic E-state index is 0.263. The summed E-state index contributed by atoms with van der Waals surface area (Å²) in [7, 11) is 1.61. The molecule has 0 atom stereocenters. The molecule has 0 bridgehead atoms. The van der Waals surface area contributed by atoms with Crippen molar-refractivity contribution in [3.8, 4) is 11.6 Å². The number of ether oxygens (including phenoxy) is 1. The van der Waals surface area contributed by atoms with Gasteiger partial charge in [-0.15, -0.1) is 10.2 Å². The Balaban J connectivity index is 1.66. The van der Waals surface area contributed by atoms with E-state index in [0.717, 1.165) is 17.1 Å². The van der Waals surface area contributed by atoms with Crippen molar-refractivity contribution in [1.82, 2.24) is 25.1 Å². The first-order valence-corrected chi connectivity index (χ1v) is 7.42. The molecule has 1 amide bonds. The van der Waals surface area contributed by atoms with Crippen LogP contribution in [0.2, 0.25) is 0 Å². The van der Waals surface area contributed by atoms with Crippen molar-refractivity contribution in [2.45, 2.75) is 13.5 Å². The molecule has 122 valence electrons. The molecule has 3 rings (SSSR count). The normalized spacial score (nSPS) is 10.4. The quantitative estimate of drug-likeness (QED) is 0.775. The number of nitrogens with one attached hydrogen (secondary N) is 1. The van der Waals surface area contributed by atoms with Gasteiger partial charge in [0.1, 0.15) is 11.6 Å². The molecule has 2 aromatic heterocycles. The Bertz CT molecular complexity index is 842. The summed E-state index contributed by atoms with van der Waals surface area (Å²) in [5, 5.41) is 10.9. The molecule has 0 fully saturated rings. The van der Waals surface area contributed by atoms with Gasteiger partial charge in [-0.2, -0.15) is 0 Å². The van der Waals surface area contributed by atoms with Gasteiger partial charge in [-0.1, -0.05) is 12.1 Å². The number of carbonyl (C=O) groups excluding carboxylic acids is 1. The van der Waals surface area contributed by atoms with E-state index in [0.29, 0.717) is 12.4 Å². The molecular formula is C17H17N5O2. The van der Waals surface area contributed by atoms with E-state index in [1.54, 1.807) is 36.2 Å². The Hall–Kier alpha value is -3.22. The lowest BCUT2D eigenvalue weighted by atomic mass is 10.2. The summed E-state index contributed by atoms with van der Waals surface area (Å²) in [4.78, 5) is 16.3. The molecular weight excluding hydrogens is 306 g/mol. The lowest BCUT2D eigenvalue weighted by Gasteiger charge is -2.07. The van der Waals surface area contributed by atoms with Crippen LogP contribution in [0.4, 0.5) is 0 Å². The van der Waals surface area contributed by atoms with Crippen molar-refractivity contribution in [3.63, 3.8) is 0 Å². The molecule has 0 saturated carbocycles. The van der Waals surface area contributed by atoms with Crippen LogP contribution in [0.1, 0.15) is 21.9 Å². The minimum atomic E-state index is -0.278. The van der Waals surface area contributed by atoms with Crippen molar-refractivity contribution in [2.24, 2.45) is 0 Å². The second-order valence-corrected chi connectivity index (χ2v) is 5.16. The highest BCUT2D eigenvalue weighted by molar-refractivity contribution is 5.92. The molecule has 0 radical (unpaired) electrons. The number of aromatic nitrogens is 4. The molecule has 0 aliphatic heterocycles. The highest BCUT2D eigenvalue weighted by Gasteiger charge is 2.09. The zero-order valence-corrected chi connectivity index (χ0v) is 13.4. The molecule has 3 aromatic rings. The monoisotopic (exact) mass is 323 g/mol. The fourth-order valence-corrected chi connectivity index (χ4v) is 2.25. The van der Waals surface area contributed by atoms with Crippen LogP contribution in [0.5, 0.6) is 5.75 Å². The minimum Gasteiger partial charge on any atom is -0.497 e. The largest absolute Gasteiger partial charge is 0.497 e. The first kappa shape index (κ1) is 15.7. The number of hydrogen-bond donors (Lipinski definition) is 1. The number of rotatable bonds is 5. The highest BCUT2D eigenvalue weighted by Crippen LogP contribution is 2.12. The van der Waals surface area contributed by atoms with Crippen LogP contribution >= 0.6 is 0 Å². The molecule has 24 heavy (non-hydrogen) atoms. The predicted molar refractivity (Wildman–Crippen MR) is 88.1 cm³/mol. The summed E-state index contributed by atoms with van der Waals surface area (Å²) in [5.74, 6) is 1.90. The van der Waals surface area contributed by atoms with E-state index in [4.69, 9.17) is 4.74 Å². The van der Waals surface area contributed by atoms with E-state index in [-0.39, 0.29) is 11.6 Å². The lowest BCUT2D eigenvalue weighted by Crippen LogP contribution is -2.24. The number of amides is 1. The molecule has 0 aliphatic carbocycles. The van der Waals surface area contributed by atoms with E-state index < -0.39 is 0 Å². The third-order valence-electron chi connectivity index (χ3n) is 3.54. The molecule has 0 spiro atoms. The molecule has 1 N–H and O–H groups in total. The maximum Gasteiger partial charge on any atom is 0.272 e. The highest BCUT2D eigenvalue weighted by atomic mass is 16.5. The number of imidazole rings is 1. The van der Waals surface area contributed by atoms with Gasteiger partial charge in [-0.05, 0) is 36.8 Å². The maximum atomic E-state index is 12.2. The second kappa shape index (κ2) is 6.91. The average Bonchev–Trinajstić information content (AvgIpc) is 3.06. The van der Waals surface area contributed by atoms with Crippen LogP contribution in [-0.4, -0.2) is 32.8 Å². The number of benzene rings is 1. The van der Waals surface area contributed by atoms with Gasteiger partial charge >= 0.3 is 0 Å². The lowest BCUT2D eigenvalue weighted by molar-refractivity contribution is 0.0945. The van der Waals surface area contributed by atoms with E-state index >= 15 is 0 Å². The number of hydrogen-bond acceptors (Lipinski definition) is 5. The molecule has 0 aliphatic rings. The zero-order valence-electron chi connectivity index (χ0n) is 13.4. The maximum absolute atomic E-state index is 12.2. The SMILES string of the molecule is COc1cccc(CNC(=O)c2ccc(-n3ccnc3C)nn2)c1. The number of methoxy groups -OCH3 is 1. The molecule has 0 saturated heterocycles. The van der Waals surface area contributed by atoms with Gasteiger partial charge < -0.3 is 10.1 Å². The fraction of sp³-hybridized carbons (Fsp3) is 0.176. The number of aryl methyl sites for hydroxylation is 1. The van der Waals surface area contributed by atoms with Crippen LogP contribution in [0.15, 0.2) is 48.8 Å². The van der Waals surface area contributed by atoms with Gasteiger partial charge in [0.2, 0.25) is 0 Å². The zero-order chi connectivity index (χ0) is 16.9. The van der Waals surface area contributed by atoms with Crippen molar-refractivity contribution < 1.29 is 9.53 Å². The fourth-order valence-electron chi connectivity index (χ4n) is 2.25.